The van der Waals surface area contributed by atoms with Crippen molar-refractivity contribution in [3.05, 3.63) is 47.5 Å². The fourth-order valence-corrected chi connectivity index (χ4v) is 3.07. The summed E-state index contributed by atoms with van der Waals surface area (Å²) < 4.78 is 12.8. The number of hydrogen-bond donors (Lipinski definition) is 1. The predicted molar refractivity (Wildman–Crippen MR) is 104 cm³/mol. The van der Waals surface area contributed by atoms with E-state index >= 15 is 0 Å². The molecule has 1 aliphatic rings. The number of hydrogen-bond acceptors (Lipinski definition) is 5. The summed E-state index contributed by atoms with van der Waals surface area (Å²) in [6, 6.07) is 5.33. The standard InChI is InChI=1S/C20H26N4O4/c1-14-4-5-16(20(26)24-8-10-27-11-9-24)12-17(14)22-18(25)13-28-15(2)19-21-6-7-23(19)3/h4-7,12,15H,8-11,13H2,1-3H3,(H,22,25). The molecule has 1 N–H and O–H groups in total. The van der Waals surface area contributed by atoms with E-state index in [0.29, 0.717) is 37.6 Å². The fraction of sp³-hybridized carbons (Fsp3) is 0.450. The van der Waals surface area contributed by atoms with Crippen LogP contribution >= 0.6 is 0 Å². The van der Waals surface area contributed by atoms with Gasteiger partial charge in [-0.2, -0.15) is 0 Å². The third-order valence-corrected chi connectivity index (χ3v) is 4.74. The van der Waals surface area contributed by atoms with E-state index in [1.54, 1.807) is 23.2 Å². The minimum atomic E-state index is -0.305. The van der Waals surface area contributed by atoms with Gasteiger partial charge in [0.25, 0.3) is 5.91 Å². The van der Waals surface area contributed by atoms with Crippen LogP contribution < -0.4 is 5.32 Å². The van der Waals surface area contributed by atoms with Gasteiger partial charge in [0.1, 0.15) is 18.5 Å². The molecule has 0 saturated carbocycles. The molecular weight excluding hydrogens is 360 g/mol. The highest BCUT2D eigenvalue weighted by atomic mass is 16.5. The van der Waals surface area contributed by atoms with Crippen molar-refractivity contribution in [2.75, 3.05) is 38.2 Å². The van der Waals surface area contributed by atoms with Gasteiger partial charge < -0.3 is 24.3 Å². The molecule has 0 aliphatic carbocycles. The number of nitrogens with zero attached hydrogens (tertiary/aromatic N) is 3. The molecule has 2 aromatic rings. The minimum absolute atomic E-state index is 0.0570. The molecule has 1 aliphatic heterocycles. The zero-order chi connectivity index (χ0) is 20.1. The largest absolute Gasteiger partial charge is 0.378 e. The zero-order valence-corrected chi connectivity index (χ0v) is 16.5. The summed E-state index contributed by atoms with van der Waals surface area (Å²) in [5, 5.41) is 2.84. The number of nitrogens with one attached hydrogen (secondary N) is 1. The highest BCUT2D eigenvalue weighted by Gasteiger charge is 2.20. The van der Waals surface area contributed by atoms with E-state index in [4.69, 9.17) is 9.47 Å². The molecule has 28 heavy (non-hydrogen) atoms. The Hall–Kier alpha value is -2.71. The van der Waals surface area contributed by atoms with E-state index in [1.807, 2.05) is 37.7 Å². The monoisotopic (exact) mass is 386 g/mol. The molecule has 0 radical (unpaired) electrons. The molecule has 3 rings (SSSR count). The Kier molecular flexibility index (Phi) is 6.43. The second-order valence-corrected chi connectivity index (χ2v) is 6.83. The maximum absolute atomic E-state index is 12.7. The normalized spacial score (nSPS) is 15.3. The van der Waals surface area contributed by atoms with Crippen LogP contribution in [0.3, 0.4) is 0 Å². The van der Waals surface area contributed by atoms with E-state index in [9.17, 15) is 9.59 Å². The molecule has 0 spiro atoms. The number of carbonyl (C=O) groups excluding carboxylic acids is 2. The van der Waals surface area contributed by atoms with Gasteiger partial charge in [0.2, 0.25) is 5.91 Å². The van der Waals surface area contributed by atoms with E-state index in [0.717, 1.165) is 11.4 Å². The molecule has 8 nitrogen and oxygen atoms in total. The Balaban J connectivity index is 1.60. The summed E-state index contributed by atoms with van der Waals surface area (Å²) in [5.74, 6) is 0.417. The van der Waals surface area contributed by atoms with Crippen LogP contribution in [0.1, 0.15) is 34.8 Å². The summed E-state index contributed by atoms with van der Waals surface area (Å²) in [6.45, 7) is 5.88. The van der Waals surface area contributed by atoms with E-state index < -0.39 is 0 Å². The third kappa shape index (κ3) is 4.76. The molecule has 2 heterocycles. The number of ether oxygens (including phenoxy) is 2. The van der Waals surface area contributed by atoms with Crippen LogP contribution in [0.4, 0.5) is 5.69 Å². The number of carbonyl (C=O) groups is 2. The SMILES string of the molecule is Cc1ccc(C(=O)N2CCOCC2)cc1NC(=O)COC(C)c1nccn1C. The van der Waals surface area contributed by atoms with Gasteiger partial charge in [-0.05, 0) is 31.5 Å². The van der Waals surface area contributed by atoms with Crippen LogP contribution in [0.25, 0.3) is 0 Å². The first-order chi connectivity index (χ1) is 13.5. The number of rotatable bonds is 6. The van der Waals surface area contributed by atoms with Crippen LogP contribution in [-0.4, -0.2) is 59.2 Å². The second kappa shape index (κ2) is 8.99. The minimum Gasteiger partial charge on any atom is -0.378 e. The number of morpholine rings is 1. The lowest BCUT2D eigenvalue weighted by atomic mass is 10.1. The molecule has 1 atom stereocenters. The first-order valence-corrected chi connectivity index (χ1v) is 9.32. The zero-order valence-electron chi connectivity index (χ0n) is 16.5. The summed E-state index contributed by atoms with van der Waals surface area (Å²) in [6.07, 6.45) is 3.21. The molecule has 2 amide bonds. The van der Waals surface area contributed by atoms with Crippen molar-refractivity contribution in [3.8, 4) is 0 Å². The Morgan fingerprint density at radius 3 is 2.75 bits per heavy atom. The third-order valence-electron chi connectivity index (χ3n) is 4.74. The van der Waals surface area contributed by atoms with Crippen molar-refractivity contribution in [1.29, 1.82) is 0 Å². The first-order valence-electron chi connectivity index (χ1n) is 9.32. The Morgan fingerprint density at radius 2 is 2.07 bits per heavy atom. The Bertz CT molecular complexity index is 842. The van der Waals surface area contributed by atoms with Gasteiger partial charge in [0.15, 0.2) is 0 Å². The van der Waals surface area contributed by atoms with Gasteiger partial charge in [0.05, 0.1) is 13.2 Å². The Morgan fingerprint density at radius 1 is 1.32 bits per heavy atom. The average molecular weight is 386 g/mol. The number of amides is 2. The molecule has 8 heteroatoms. The number of aromatic nitrogens is 2. The van der Waals surface area contributed by atoms with Crippen molar-refractivity contribution >= 4 is 17.5 Å². The van der Waals surface area contributed by atoms with E-state index in [2.05, 4.69) is 10.3 Å². The molecule has 1 aromatic heterocycles. The highest BCUT2D eigenvalue weighted by Crippen LogP contribution is 2.19. The van der Waals surface area contributed by atoms with Crippen LogP contribution in [0.2, 0.25) is 0 Å². The van der Waals surface area contributed by atoms with Crippen molar-refractivity contribution in [2.45, 2.75) is 20.0 Å². The van der Waals surface area contributed by atoms with Crippen molar-refractivity contribution in [3.63, 3.8) is 0 Å². The van der Waals surface area contributed by atoms with Gasteiger partial charge in [0, 0.05) is 43.8 Å². The smallest absolute Gasteiger partial charge is 0.254 e. The summed E-state index contributed by atoms with van der Waals surface area (Å²) in [4.78, 5) is 31.0. The molecule has 1 aromatic carbocycles. The predicted octanol–water partition coefficient (Wildman–Crippen LogP) is 1.92. The number of imidazole rings is 1. The topological polar surface area (TPSA) is 85.7 Å². The summed E-state index contributed by atoms with van der Waals surface area (Å²) >= 11 is 0. The van der Waals surface area contributed by atoms with Gasteiger partial charge in [-0.15, -0.1) is 0 Å². The summed E-state index contributed by atoms with van der Waals surface area (Å²) in [5.41, 5.74) is 2.03. The van der Waals surface area contributed by atoms with E-state index in [1.165, 1.54) is 0 Å². The molecule has 1 fully saturated rings. The lowest BCUT2D eigenvalue weighted by Gasteiger charge is -2.27. The van der Waals surface area contributed by atoms with Gasteiger partial charge in [-0.25, -0.2) is 4.98 Å². The van der Waals surface area contributed by atoms with Crippen molar-refractivity contribution < 1.29 is 19.1 Å². The summed E-state index contributed by atoms with van der Waals surface area (Å²) in [7, 11) is 1.88. The van der Waals surface area contributed by atoms with Gasteiger partial charge in [-0.1, -0.05) is 6.07 Å². The Labute approximate surface area is 164 Å². The maximum Gasteiger partial charge on any atom is 0.254 e. The number of benzene rings is 1. The molecule has 0 bridgehead atoms. The second-order valence-electron chi connectivity index (χ2n) is 6.83. The van der Waals surface area contributed by atoms with Crippen LogP contribution in [0, 0.1) is 6.92 Å². The molecule has 1 saturated heterocycles. The molecule has 150 valence electrons. The van der Waals surface area contributed by atoms with E-state index in [-0.39, 0.29) is 24.5 Å². The molecular formula is C20H26N4O4. The van der Waals surface area contributed by atoms with Gasteiger partial charge in [-0.3, -0.25) is 9.59 Å². The van der Waals surface area contributed by atoms with Crippen molar-refractivity contribution in [2.24, 2.45) is 7.05 Å². The quantitative estimate of drug-likeness (QED) is 0.820. The number of anilines is 1. The lowest BCUT2D eigenvalue weighted by Crippen LogP contribution is -2.40. The average Bonchev–Trinajstić information content (AvgIpc) is 3.14. The van der Waals surface area contributed by atoms with Crippen LogP contribution in [0.5, 0.6) is 0 Å². The van der Waals surface area contributed by atoms with Gasteiger partial charge >= 0.3 is 0 Å². The van der Waals surface area contributed by atoms with Crippen LogP contribution in [-0.2, 0) is 21.3 Å². The van der Waals surface area contributed by atoms with Crippen LogP contribution in [0.15, 0.2) is 30.6 Å². The highest BCUT2D eigenvalue weighted by molar-refractivity contribution is 5.98. The lowest BCUT2D eigenvalue weighted by molar-refractivity contribution is -0.122. The fourth-order valence-electron chi connectivity index (χ4n) is 3.07. The first kappa shape index (κ1) is 20.0. The van der Waals surface area contributed by atoms with Crippen molar-refractivity contribution in [1.82, 2.24) is 14.5 Å². The molecule has 1 unspecified atom stereocenters. The maximum atomic E-state index is 12.7. The number of aryl methyl sites for hydroxylation is 2.